The molecule has 0 spiro atoms. The van der Waals surface area contributed by atoms with Crippen LogP contribution in [0.1, 0.15) is 0 Å². The predicted molar refractivity (Wildman–Crippen MR) is 68.4 cm³/mol. The monoisotopic (exact) mass is 269 g/mol. The van der Waals surface area contributed by atoms with E-state index in [-0.39, 0.29) is 11.4 Å². The van der Waals surface area contributed by atoms with E-state index in [1.807, 2.05) is 0 Å². The number of methoxy groups -OCH3 is 1. The molecule has 0 aliphatic rings. The van der Waals surface area contributed by atoms with Gasteiger partial charge in [-0.2, -0.15) is 0 Å². The number of nitrogens with one attached hydrogen (secondary N) is 2. The van der Waals surface area contributed by atoms with Gasteiger partial charge in [-0.25, -0.2) is 4.98 Å². The van der Waals surface area contributed by atoms with E-state index in [0.717, 1.165) is 0 Å². The fraction of sp³-hybridized carbons (Fsp3) is 0.100. The zero-order valence-corrected chi connectivity index (χ0v) is 10.3. The molecule has 1 aromatic rings. The number of ether oxygens (including phenoxy) is 1. The lowest BCUT2D eigenvalue weighted by Gasteiger charge is -2.09. The summed E-state index contributed by atoms with van der Waals surface area (Å²) < 4.78 is 4.89. The van der Waals surface area contributed by atoms with Crippen LogP contribution < -0.4 is 21.5 Å². The van der Waals surface area contributed by atoms with E-state index in [0.29, 0.717) is 11.6 Å². The molecule has 0 fully saturated rings. The van der Waals surface area contributed by atoms with Crippen molar-refractivity contribution in [1.82, 2.24) is 4.98 Å². The van der Waals surface area contributed by atoms with Gasteiger partial charge >= 0.3 is 0 Å². The van der Waals surface area contributed by atoms with Crippen molar-refractivity contribution in [3.8, 4) is 5.88 Å². The van der Waals surface area contributed by atoms with Crippen molar-refractivity contribution in [1.29, 1.82) is 5.41 Å². The molecule has 0 aliphatic carbocycles. The molecular formula is C10H12ClN5O2. The smallest absolute Gasteiger partial charge is 0.255 e. The van der Waals surface area contributed by atoms with Crippen LogP contribution in [0, 0.1) is 5.41 Å². The summed E-state index contributed by atoms with van der Waals surface area (Å²) in [4.78, 5) is 15.0. The molecule has 0 bridgehead atoms. The normalized spacial score (nSPS) is 11.4. The number of carbonyl (C=O) groups excluding carboxylic acids is 1. The fourth-order valence-corrected chi connectivity index (χ4v) is 1.35. The molecule has 6 N–H and O–H groups in total. The first-order valence-electron chi connectivity index (χ1n) is 4.76. The van der Waals surface area contributed by atoms with Crippen molar-refractivity contribution in [3.63, 3.8) is 0 Å². The van der Waals surface area contributed by atoms with Gasteiger partial charge in [-0.05, 0) is 6.07 Å². The second-order valence-corrected chi connectivity index (χ2v) is 3.56. The van der Waals surface area contributed by atoms with E-state index in [1.165, 1.54) is 13.3 Å². The van der Waals surface area contributed by atoms with Crippen LogP contribution >= 0.6 is 11.6 Å². The average molecular weight is 270 g/mol. The van der Waals surface area contributed by atoms with Crippen LogP contribution in [0.5, 0.6) is 5.88 Å². The summed E-state index contributed by atoms with van der Waals surface area (Å²) in [6.45, 7) is 0. The van der Waals surface area contributed by atoms with Gasteiger partial charge in [-0.3, -0.25) is 10.2 Å². The minimum Gasteiger partial charge on any atom is -0.481 e. The first-order valence-corrected chi connectivity index (χ1v) is 5.14. The minimum atomic E-state index is -0.888. The lowest BCUT2D eigenvalue weighted by molar-refractivity contribution is -0.114. The highest BCUT2D eigenvalue weighted by Gasteiger charge is 2.14. The van der Waals surface area contributed by atoms with Gasteiger partial charge in [0.2, 0.25) is 5.88 Å². The maximum Gasteiger partial charge on any atom is 0.255 e. The second kappa shape index (κ2) is 5.87. The summed E-state index contributed by atoms with van der Waals surface area (Å²) >= 11 is 5.42. The van der Waals surface area contributed by atoms with E-state index < -0.39 is 11.1 Å². The van der Waals surface area contributed by atoms with Gasteiger partial charge in [-0.1, -0.05) is 11.6 Å². The molecular weight excluding hydrogens is 258 g/mol. The zero-order valence-electron chi connectivity index (χ0n) is 9.53. The fourth-order valence-electron chi connectivity index (χ4n) is 1.15. The molecule has 1 aromatic heterocycles. The van der Waals surface area contributed by atoms with Crippen molar-refractivity contribution >= 4 is 28.4 Å². The summed E-state index contributed by atoms with van der Waals surface area (Å²) in [6, 6.07) is 3.24. The Balaban J connectivity index is 2.97. The number of amides is 1. The molecule has 0 saturated carbocycles. The van der Waals surface area contributed by atoms with Crippen LogP contribution in [0.2, 0.25) is 0 Å². The number of nitrogens with zero attached hydrogens (tertiary/aromatic N) is 1. The molecule has 1 amide bonds. The summed E-state index contributed by atoms with van der Waals surface area (Å²) in [5, 5.41) is 9.33. The molecule has 7 nitrogen and oxygen atoms in total. The van der Waals surface area contributed by atoms with Gasteiger partial charge in [0, 0.05) is 6.07 Å². The SMILES string of the molecule is COc1ccc(N/C(N)=C(/C(=N)Cl)C(N)=O)cn1. The molecule has 0 radical (unpaired) electrons. The largest absolute Gasteiger partial charge is 0.481 e. The molecule has 96 valence electrons. The van der Waals surface area contributed by atoms with Crippen molar-refractivity contribution in [2.75, 3.05) is 12.4 Å². The number of rotatable bonds is 5. The van der Waals surface area contributed by atoms with E-state index in [2.05, 4.69) is 10.3 Å². The molecule has 0 atom stereocenters. The van der Waals surface area contributed by atoms with Crippen molar-refractivity contribution in [2.45, 2.75) is 0 Å². The Bertz CT molecular complexity index is 481. The Morgan fingerprint density at radius 2 is 2.17 bits per heavy atom. The van der Waals surface area contributed by atoms with E-state index >= 15 is 0 Å². The van der Waals surface area contributed by atoms with Crippen molar-refractivity contribution in [2.24, 2.45) is 11.5 Å². The third-order valence-electron chi connectivity index (χ3n) is 1.96. The summed E-state index contributed by atoms with van der Waals surface area (Å²) in [5.74, 6) is -0.570. The first-order chi connectivity index (χ1) is 8.45. The maximum atomic E-state index is 11.1. The molecule has 0 saturated heterocycles. The van der Waals surface area contributed by atoms with Gasteiger partial charge in [0.1, 0.15) is 16.6 Å². The molecule has 1 heterocycles. The Morgan fingerprint density at radius 1 is 1.50 bits per heavy atom. The Kier molecular flexibility index (Phi) is 4.50. The predicted octanol–water partition coefficient (Wildman–Crippen LogP) is 0.374. The lowest BCUT2D eigenvalue weighted by atomic mass is 10.2. The quantitative estimate of drug-likeness (QED) is 0.454. The standard InChI is InChI=1S/C10H12ClN5O2/c1-18-6-3-2-5(4-15-6)16-9(13)7(8(11)12)10(14)17/h2-4,12,16H,13H2,1H3,(H2,14,17)/b9-7-,12-8?. The van der Waals surface area contributed by atoms with E-state index in [4.69, 9.17) is 33.2 Å². The number of anilines is 1. The van der Waals surface area contributed by atoms with Gasteiger partial charge in [0.15, 0.2) is 0 Å². The van der Waals surface area contributed by atoms with Crippen LogP contribution in [0.4, 0.5) is 5.69 Å². The number of primary amides is 1. The third-order valence-corrected chi connectivity index (χ3v) is 2.15. The highest BCUT2D eigenvalue weighted by atomic mass is 35.5. The van der Waals surface area contributed by atoms with Crippen LogP contribution in [0.3, 0.4) is 0 Å². The molecule has 18 heavy (non-hydrogen) atoms. The molecule has 8 heteroatoms. The van der Waals surface area contributed by atoms with Crippen LogP contribution in [0.25, 0.3) is 0 Å². The summed E-state index contributed by atoms with van der Waals surface area (Å²) in [5.41, 5.74) is 10.9. The average Bonchev–Trinajstić information content (AvgIpc) is 2.28. The third kappa shape index (κ3) is 3.36. The van der Waals surface area contributed by atoms with Gasteiger partial charge in [0.05, 0.1) is 19.0 Å². The summed E-state index contributed by atoms with van der Waals surface area (Å²) in [7, 11) is 1.49. The number of hydrogen-bond donors (Lipinski definition) is 4. The molecule has 0 aromatic carbocycles. The number of aromatic nitrogens is 1. The van der Waals surface area contributed by atoms with Crippen molar-refractivity contribution in [3.05, 3.63) is 29.7 Å². The number of carbonyl (C=O) groups is 1. The van der Waals surface area contributed by atoms with E-state index in [1.54, 1.807) is 12.1 Å². The summed E-state index contributed by atoms with van der Waals surface area (Å²) in [6.07, 6.45) is 1.45. The maximum absolute atomic E-state index is 11.1. The van der Waals surface area contributed by atoms with Gasteiger partial charge < -0.3 is 21.5 Å². The Hall–Kier alpha value is -2.28. The lowest BCUT2D eigenvalue weighted by Crippen LogP contribution is -2.25. The number of halogens is 1. The van der Waals surface area contributed by atoms with Gasteiger partial charge in [0.25, 0.3) is 5.91 Å². The number of pyridine rings is 1. The highest BCUT2D eigenvalue weighted by molar-refractivity contribution is 6.71. The molecule has 1 rings (SSSR count). The first kappa shape index (κ1) is 13.8. The second-order valence-electron chi connectivity index (χ2n) is 3.18. The number of hydrogen-bond acceptors (Lipinski definition) is 6. The van der Waals surface area contributed by atoms with E-state index in [9.17, 15) is 4.79 Å². The zero-order chi connectivity index (χ0) is 13.7. The topological polar surface area (TPSA) is 127 Å². The Morgan fingerprint density at radius 3 is 2.56 bits per heavy atom. The van der Waals surface area contributed by atoms with Crippen LogP contribution in [-0.2, 0) is 4.79 Å². The highest BCUT2D eigenvalue weighted by Crippen LogP contribution is 2.13. The van der Waals surface area contributed by atoms with Crippen molar-refractivity contribution < 1.29 is 9.53 Å². The van der Waals surface area contributed by atoms with Crippen LogP contribution in [0.15, 0.2) is 29.7 Å². The molecule has 0 aliphatic heterocycles. The Labute approximate surface area is 108 Å². The van der Waals surface area contributed by atoms with Crippen LogP contribution in [-0.4, -0.2) is 23.2 Å². The minimum absolute atomic E-state index is 0.116. The number of nitrogens with two attached hydrogens (primary N) is 2. The molecule has 0 unspecified atom stereocenters. The van der Waals surface area contributed by atoms with Gasteiger partial charge in [-0.15, -0.1) is 0 Å².